The van der Waals surface area contributed by atoms with Gasteiger partial charge < -0.3 is 20.3 Å². The standard InChI is InChI=1S/C30H47N3O4/c1-9-11-12-16-31-27(34)26(23-15-13-14-22(10-2)19-23)33(25-18-21(25)5)28(35)24(17-20(3)4)32-29(36)37-30(6,7)8/h10,13-15,19-21,24-26H,2,9,11-12,16-18H2,1,3-8H3,(H,31,34)(H,32,36). The van der Waals surface area contributed by atoms with Crippen LogP contribution >= 0.6 is 0 Å². The molecule has 0 saturated heterocycles. The number of hydrogen-bond donors (Lipinski definition) is 2. The molecule has 37 heavy (non-hydrogen) atoms. The molecule has 7 nitrogen and oxygen atoms in total. The molecule has 0 aliphatic heterocycles. The molecule has 3 amide bonds. The molecule has 1 aliphatic carbocycles. The number of nitrogens with one attached hydrogen (secondary N) is 2. The van der Waals surface area contributed by atoms with E-state index in [1.54, 1.807) is 31.7 Å². The molecule has 0 spiro atoms. The van der Waals surface area contributed by atoms with Crippen LogP contribution in [0.4, 0.5) is 4.79 Å². The predicted molar refractivity (Wildman–Crippen MR) is 149 cm³/mol. The monoisotopic (exact) mass is 513 g/mol. The predicted octanol–water partition coefficient (Wildman–Crippen LogP) is 5.85. The summed E-state index contributed by atoms with van der Waals surface area (Å²) < 4.78 is 5.46. The molecule has 0 bridgehead atoms. The third kappa shape index (κ3) is 9.52. The van der Waals surface area contributed by atoms with Crippen molar-refractivity contribution in [3.8, 4) is 0 Å². The number of carbonyl (C=O) groups is 3. The molecule has 1 aromatic rings. The van der Waals surface area contributed by atoms with Crippen molar-refractivity contribution < 1.29 is 19.1 Å². The molecule has 2 N–H and O–H groups in total. The van der Waals surface area contributed by atoms with Crippen LogP contribution in [0, 0.1) is 11.8 Å². The van der Waals surface area contributed by atoms with Gasteiger partial charge in [0.2, 0.25) is 11.8 Å². The molecule has 1 saturated carbocycles. The summed E-state index contributed by atoms with van der Waals surface area (Å²) in [4.78, 5) is 42.3. The highest BCUT2D eigenvalue weighted by atomic mass is 16.6. The van der Waals surface area contributed by atoms with E-state index in [1.807, 2.05) is 38.1 Å². The Labute approximate surface area is 223 Å². The summed E-state index contributed by atoms with van der Waals surface area (Å²) in [6.07, 6.45) is 5.31. The van der Waals surface area contributed by atoms with Gasteiger partial charge in [-0.25, -0.2) is 4.79 Å². The largest absolute Gasteiger partial charge is 0.444 e. The van der Waals surface area contributed by atoms with Gasteiger partial charge in [-0.2, -0.15) is 0 Å². The third-order valence-electron chi connectivity index (χ3n) is 6.44. The van der Waals surface area contributed by atoms with E-state index in [1.165, 1.54) is 0 Å². The summed E-state index contributed by atoms with van der Waals surface area (Å²) in [5.74, 6) is -0.0483. The maximum atomic E-state index is 14.2. The van der Waals surface area contributed by atoms with Crippen LogP contribution in [0.15, 0.2) is 30.8 Å². The third-order valence-corrected chi connectivity index (χ3v) is 6.44. The Morgan fingerprint density at radius 2 is 1.89 bits per heavy atom. The van der Waals surface area contributed by atoms with Gasteiger partial charge in [-0.05, 0) is 69.1 Å². The number of alkyl carbamates (subject to hydrolysis) is 1. The highest BCUT2D eigenvalue weighted by Gasteiger charge is 2.48. The van der Waals surface area contributed by atoms with Gasteiger partial charge in [0.15, 0.2) is 0 Å². The molecule has 0 aromatic heterocycles. The first-order valence-electron chi connectivity index (χ1n) is 13.7. The summed E-state index contributed by atoms with van der Waals surface area (Å²) in [6, 6.07) is 5.91. The van der Waals surface area contributed by atoms with Crippen molar-refractivity contribution in [2.45, 2.75) is 104 Å². The van der Waals surface area contributed by atoms with Crippen LogP contribution < -0.4 is 10.6 Å². The van der Waals surface area contributed by atoms with E-state index in [4.69, 9.17) is 4.74 Å². The summed E-state index contributed by atoms with van der Waals surface area (Å²) in [5, 5.41) is 5.88. The van der Waals surface area contributed by atoms with Gasteiger partial charge in [-0.1, -0.05) is 71.4 Å². The smallest absolute Gasteiger partial charge is 0.408 e. The molecule has 1 aromatic carbocycles. The Hall–Kier alpha value is -2.83. The molecular formula is C30H47N3O4. The molecule has 7 heteroatoms. The van der Waals surface area contributed by atoms with Crippen LogP contribution in [-0.2, 0) is 14.3 Å². The molecular weight excluding hydrogens is 466 g/mol. The fraction of sp³-hybridized carbons (Fsp3) is 0.633. The van der Waals surface area contributed by atoms with Crippen molar-refractivity contribution in [1.29, 1.82) is 0 Å². The lowest BCUT2D eigenvalue weighted by molar-refractivity contribution is -0.143. The van der Waals surface area contributed by atoms with Crippen LogP contribution in [0.1, 0.15) is 97.7 Å². The van der Waals surface area contributed by atoms with Crippen molar-refractivity contribution in [3.05, 3.63) is 42.0 Å². The first kappa shape index (κ1) is 30.4. The fourth-order valence-electron chi connectivity index (χ4n) is 4.47. The van der Waals surface area contributed by atoms with Gasteiger partial charge in [-0.15, -0.1) is 0 Å². The van der Waals surface area contributed by atoms with Crippen LogP contribution in [0.3, 0.4) is 0 Å². The SMILES string of the molecule is C=Cc1cccc(C(C(=O)NCCCCC)N(C(=O)C(CC(C)C)NC(=O)OC(C)(C)C)C2CC2C)c1. The van der Waals surface area contributed by atoms with Gasteiger partial charge in [0.25, 0.3) is 0 Å². The Kier molecular flexibility index (Phi) is 11.2. The molecule has 0 radical (unpaired) electrons. The fourth-order valence-corrected chi connectivity index (χ4v) is 4.47. The summed E-state index contributed by atoms with van der Waals surface area (Å²) >= 11 is 0. The van der Waals surface area contributed by atoms with Crippen molar-refractivity contribution in [2.24, 2.45) is 11.8 Å². The zero-order valence-electron chi connectivity index (χ0n) is 23.8. The average molecular weight is 514 g/mol. The van der Waals surface area contributed by atoms with E-state index in [0.717, 1.165) is 36.8 Å². The van der Waals surface area contributed by atoms with Crippen LogP contribution in [0.25, 0.3) is 6.08 Å². The van der Waals surface area contributed by atoms with Crippen molar-refractivity contribution in [2.75, 3.05) is 6.54 Å². The maximum absolute atomic E-state index is 14.2. The zero-order chi connectivity index (χ0) is 27.8. The number of amides is 3. The molecule has 4 unspecified atom stereocenters. The number of hydrogen-bond acceptors (Lipinski definition) is 4. The summed E-state index contributed by atoms with van der Waals surface area (Å²) in [5.41, 5.74) is 0.924. The number of benzene rings is 1. The molecule has 2 rings (SSSR count). The van der Waals surface area contributed by atoms with E-state index >= 15 is 0 Å². The highest BCUT2D eigenvalue weighted by molar-refractivity contribution is 5.92. The highest BCUT2D eigenvalue weighted by Crippen LogP contribution is 2.41. The van der Waals surface area contributed by atoms with Gasteiger partial charge in [0.1, 0.15) is 17.7 Å². The quantitative estimate of drug-likeness (QED) is 0.324. The molecule has 206 valence electrons. The zero-order valence-corrected chi connectivity index (χ0v) is 23.8. The Balaban J connectivity index is 2.46. The first-order valence-corrected chi connectivity index (χ1v) is 13.7. The van der Waals surface area contributed by atoms with Crippen LogP contribution in [-0.4, -0.2) is 47.0 Å². The lowest BCUT2D eigenvalue weighted by Gasteiger charge is -2.35. The molecule has 1 aliphatic rings. The van der Waals surface area contributed by atoms with Gasteiger partial charge in [0, 0.05) is 12.6 Å². The molecule has 0 heterocycles. The van der Waals surface area contributed by atoms with Crippen molar-refractivity contribution in [3.63, 3.8) is 0 Å². The number of carbonyl (C=O) groups excluding carboxylic acids is 3. The lowest BCUT2D eigenvalue weighted by Crippen LogP contribution is -2.54. The maximum Gasteiger partial charge on any atom is 0.408 e. The molecule has 1 fully saturated rings. The molecule has 4 atom stereocenters. The van der Waals surface area contributed by atoms with E-state index < -0.39 is 23.8 Å². The summed E-state index contributed by atoms with van der Waals surface area (Å²) in [7, 11) is 0. The Morgan fingerprint density at radius 1 is 1.22 bits per heavy atom. The lowest BCUT2D eigenvalue weighted by atomic mass is 9.97. The number of nitrogens with zero attached hydrogens (tertiary/aromatic N) is 1. The van der Waals surface area contributed by atoms with Gasteiger partial charge in [-0.3, -0.25) is 9.59 Å². The second-order valence-electron chi connectivity index (χ2n) is 11.6. The van der Waals surface area contributed by atoms with Crippen molar-refractivity contribution in [1.82, 2.24) is 15.5 Å². The first-order chi connectivity index (χ1) is 17.4. The number of unbranched alkanes of at least 4 members (excludes halogenated alkanes) is 2. The van der Waals surface area contributed by atoms with E-state index in [9.17, 15) is 14.4 Å². The average Bonchev–Trinajstić information content (AvgIpc) is 3.53. The topological polar surface area (TPSA) is 87.7 Å². The van der Waals surface area contributed by atoms with E-state index in [2.05, 4.69) is 31.1 Å². The minimum atomic E-state index is -0.806. The minimum absolute atomic E-state index is 0.0821. The number of rotatable bonds is 13. The van der Waals surface area contributed by atoms with Crippen molar-refractivity contribution >= 4 is 24.0 Å². The Morgan fingerprint density at radius 3 is 2.43 bits per heavy atom. The van der Waals surface area contributed by atoms with E-state index in [0.29, 0.717) is 13.0 Å². The second kappa shape index (κ2) is 13.6. The summed E-state index contributed by atoms with van der Waals surface area (Å²) in [6.45, 7) is 18.0. The van der Waals surface area contributed by atoms with E-state index in [-0.39, 0.29) is 29.7 Å². The number of ether oxygens (including phenoxy) is 1. The second-order valence-corrected chi connectivity index (χ2v) is 11.6. The van der Waals surface area contributed by atoms with Crippen LogP contribution in [0.5, 0.6) is 0 Å². The van der Waals surface area contributed by atoms with Crippen LogP contribution in [0.2, 0.25) is 0 Å². The van der Waals surface area contributed by atoms with Gasteiger partial charge >= 0.3 is 6.09 Å². The normalized spacial score (nSPS) is 18.5. The van der Waals surface area contributed by atoms with Gasteiger partial charge in [0.05, 0.1) is 0 Å². The Bertz CT molecular complexity index is 937. The minimum Gasteiger partial charge on any atom is -0.444 e.